The second kappa shape index (κ2) is 14.1. The number of ether oxygens (including phenoxy) is 1. The Hall–Kier alpha value is -4.08. The monoisotopic (exact) mass is 623 g/mol. The van der Waals surface area contributed by atoms with Crippen LogP contribution in [0.4, 0.5) is 13.2 Å². The molecular formula is C32H32F3N5O3S. The molecule has 0 bridgehead atoms. The summed E-state index contributed by atoms with van der Waals surface area (Å²) in [5, 5.41) is 12.0. The van der Waals surface area contributed by atoms with Crippen LogP contribution in [0.3, 0.4) is 0 Å². The van der Waals surface area contributed by atoms with E-state index in [9.17, 15) is 22.8 Å². The van der Waals surface area contributed by atoms with E-state index in [4.69, 9.17) is 10.00 Å². The van der Waals surface area contributed by atoms with Crippen LogP contribution in [0.2, 0.25) is 0 Å². The van der Waals surface area contributed by atoms with Gasteiger partial charge in [-0.15, -0.1) is 0 Å². The first-order valence-corrected chi connectivity index (χ1v) is 15.3. The van der Waals surface area contributed by atoms with E-state index in [1.807, 2.05) is 24.3 Å². The molecule has 44 heavy (non-hydrogen) atoms. The van der Waals surface area contributed by atoms with Gasteiger partial charge in [0.2, 0.25) is 0 Å². The van der Waals surface area contributed by atoms with Gasteiger partial charge in [0.05, 0.1) is 17.2 Å². The van der Waals surface area contributed by atoms with Crippen molar-refractivity contribution in [1.29, 1.82) is 5.26 Å². The highest BCUT2D eigenvalue weighted by atomic mass is 32.2. The molecule has 1 aromatic heterocycles. The molecule has 3 heterocycles. The zero-order chi connectivity index (χ0) is 31.1. The number of pyridine rings is 1. The second-order valence-electron chi connectivity index (χ2n) is 10.9. The molecule has 2 amide bonds. The zero-order valence-corrected chi connectivity index (χ0v) is 24.7. The van der Waals surface area contributed by atoms with Gasteiger partial charge < -0.3 is 15.0 Å². The van der Waals surface area contributed by atoms with E-state index in [0.717, 1.165) is 38.0 Å². The average Bonchev–Trinajstić information content (AvgIpc) is 3.03. The van der Waals surface area contributed by atoms with Crippen LogP contribution in [0.25, 0.3) is 0 Å². The maximum Gasteiger partial charge on any atom is 0.446 e. The fourth-order valence-corrected chi connectivity index (χ4v) is 5.90. The van der Waals surface area contributed by atoms with Crippen LogP contribution in [-0.2, 0) is 6.54 Å². The number of nitrogens with zero attached hydrogens (tertiary/aromatic N) is 4. The highest BCUT2D eigenvalue weighted by molar-refractivity contribution is 8.00. The molecule has 0 spiro atoms. The molecule has 8 nitrogen and oxygen atoms in total. The van der Waals surface area contributed by atoms with Gasteiger partial charge in [-0.2, -0.15) is 18.4 Å². The Balaban J connectivity index is 1.04. The third-order valence-corrected chi connectivity index (χ3v) is 8.48. The minimum atomic E-state index is -4.34. The Morgan fingerprint density at radius 3 is 2.23 bits per heavy atom. The molecule has 2 aliphatic heterocycles. The first-order chi connectivity index (χ1) is 21.1. The predicted molar refractivity (Wildman–Crippen MR) is 159 cm³/mol. The van der Waals surface area contributed by atoms with Crippen LogP contribution in [0, 0.1) is 11.3 Å². The zero-order valence-electron chi connectivity index (χ0n) is 23.9. The average molecular weight is 624 g/mol. The molecule has 0 atom stereocenters. The fraction of sp³-hybridized carbons (Fsp3) is 0.375. The number of nitriles is 1. The lowest BCUT2D eigenvalue weighted by Crippen LogP contribution is -2.44. The highest BCUT2D eigenvalue weighted by Gasteiger charge is 2.29. The normalized spacial score (nSPS) is 16.7. The van der Waals surface area contributed by atoms with Crippen LogP contribution < -0.4 is 10.1 Å². The first-order valence-electron chi connectivity index (χ1n) is 14.5. The van der Waals surface area contributed by atoms with Crippen molar-refractivity contribution in [2.24, 2.45) is 0 Å². The lowest BCUT2D eigenvalue weighted by Gasteiger charge is -2.32. The Bertz CT molecular complexity index is 1460. The van der Waals surface area contributed by atoms with Gasteiger partial charge in [0.25, 0.3) is 11.8 Å². The summed E-state index contributed by atoms with van der Waals surface area (Å²) in [7, 11) is 0. The number of rotatable bonds is 8. The van der Waals surface area contributed by atoms with Gasteiger partial charge in [-0.3, -0.25) is 19.5 Å². The number of piperidine rings is 2. The summed E-state index contributed by atoms with van der Waals surface area (Å²) in [6.45, 7) is 3.44. The molecule has 2 aromatic carbocycles. The van der Waals surface area contributed by atoms with Crippen LogP contribution in [0.1, 0.15) is 57.7 Å². The molecule has 12 heteroatoms. The van der Waals surface area contributed by atoms with Crippen molar-refractivity contribution >= 4 is 23.6 Å². The van der Waals surface area contributed by atoms with Crippen molar-refractivity contribution in [3.8, 4) is 11.8 Å². The number of halogens is 3. The molecule has 2 fully saturated rings. The summed E-state index contributed by atoms with van der Waals surface area (Å²) in [6.07, 6.45) is 4.10. The van der Waals surface area contributed by atoms with Crippen LogP contribution in [-0.4, -0.2) is 70.4 Å². The molecule has 0 unspecified atom stereocenters. The molecular weight excluding hydrogens is 591 g/mol. The van der Waals surface area contributed by atoms with Crippen LogP contribution in [0.5, 0.6) is 5.75 Å². The van der Waals surface area contributed by atoms with E-state index < -0.39 is 5.51 Å². The molecule has 5 rings (SSSR count). The fourth-order valence-electron chi connectivity index (χ4n) is 5.36. The van der Waals surface area contributed by atoms with E-state index in [1.54, 1.807) is 17.0 Å². The number of amides is 2. The lowest BCUT2D eigenvalue weighted by molar-refractivity contribution is -0.0328. The molecule has 0 aliphatic carbocycles. The summed E-state index contributed by atoms with van der Waals surface area (Å²) in [4.78, 5) is 34.3. The number of hydrogen-bond donors (Lipinski definition) is 1. The van der Waals surface area contributed by atoms with E-state index in [0.29, 0.717) is 42.8 Å². The van der Waals surface area contributed by atoms with Crippen molar-refractivity contribution in [2.45, 2.75) is 54.8 Å². The molecule has 1 N–H and O–H groups in total. The van der Waals surface area contributed by atoms with Crippen molar-refractivity contribution in [3.05, 3.63) is 89.2 Å². The second-order valence-corrected chi connectivity index (χ2v) is 12.0. The minimum Gasteiger partial charge on any atom is -0.490 e. The third kappa shape index (κ3) is 8.74. The van der Waals surface area contributed by atoms with Gasteiger partial charge in [0, 0.05) is 62.7 Å². The number of alkyl halides is 3. The topological polar surface area (TPSA) is 98.6 Å². The van der Waals surface area contributed by atoms with Gasteiger partial charge in [-0.05, 0) is 78.7 Å². The van der Waals surface area contributed by atoms with Crippen LogP contribution >= 0.6 is 11.8 Å². The number of thioether (sulfide) groups is 1. The quantitative estimate of drug-likeness (QED) is 0.324. The molecule has 2 saturated heterocycles. The number of carbonyl (C=O) groups is 2. The van der Waals surface area contributed by atoms with Crippen molar-refractivity contribution in [2.75, 3.05) is 26.2 Å². The van der Waals surface area contributed by atoms with Crippen molar-refractivity contribution in [1.82, 2.24) is 20.1 Å². The van der Waals surface area contributed by atoms with E-state index >= 15 is 0 Å². The SMILES string of the molecule is N#Cc1ccc(CN2CCC(NC(=O)c3ccc(C(=O)N4CCC(Oc5ccc(SC(F)(F)F)cc5)CC4)cn3)CC2)cc1. The number of hydrogen-bond acceptors (Lipinski definition) is 7. The number of carbonyl (C=O) groups excluding carboxylic acids is 2. The number of nitrogens with one attached hydrogen (secondary N) is 1. The van der Waals surface area contributed by atoms with E-state index in [2.05, 4.69) is 21.3 Å². The largest absolute Gasteiger partial charge is 0.490 e. The van der Waals surface area contributed by atoms with Crippen molar-refractivity contribution < 1.29 is 27.5 Å². The van der Waals surface area contributed by atoms with Crippen LogP contribution in [0.15, 0.2) is 71.8 Å². The summed E-state index contributed by atoms with van der Waals surface area (Å²) in [5.41, 5.74) is -1.88. The Morgan fingerprint density at radius 2 is 1.64 bits per heavy atom. The molecule has 2 aliphatic rings. The Morgan fingerprint density at radius 1 is 0.955 bits per heavy atom. The summed E-state index contributed by atoms with van der Waals surface area (Å²) in [6, 6.07) is 18.8. The maximum absolute atomic E-state index is 13.0. The third-order valence-electron chi connectivity index (χ3n) is 7.74. The predicted octanol–water partition coefficient (Wildman–Crippen LogP) is 5.64. The standard InChI is InChI=1S/C32H32F3N5O3S/c33-32(34,35)44-28-8-6-26(7-9-28)43-27-13-17-40(18-14-27)31(42)24-5-10-29(37-20-24)30(41)38-25-11-15-39(16-12-25)21-23-3-1-22(19-36)2-4-23/h1-10,20,25,27H,11-18,21H2,(H,38,41). The molecule has 230 valence electrons. The first kappa shape index (κ1) is 31.3. The summed E-state index contributed by atoms with van der Waals surface area (Å²) >= 11 is -0.167. The van der Waals surface area contributed by atoms with Gasteiger partial charge in [0.1, 0.15) is 17.5 Å². The number of aromatic nitrogens is 1. The van der Waals surface area contributed by atoms with E-state index in [-0.39, 0.29) is 46.3 Å². The number of likely N-dealkylation sites (tertiary alicyclic amines) is 2. The highest BCUT2D eigenvalue weighted by Crippen LogP contribution is 2.37. The van der Waals surface area contributed by atoms with Gasteiger partial charge in [-0.1, -0.05) is 12.1 Å². The molecule has 0 radical (unpaired) electrons. The number of benzene rings is 2. The van der Waals surface area contributed by atoms with Gasteiger partial charge in [-0.25, -0.2) is 0 Å². The smallest absolute Gasteiger partial charge is 0.446 e. The van der Waals surface area contributed by atoms with E-state index in [1.165, 1.54) is 30.5 Å². The van der Waals surface area contributed by atoms with Crippen molar-refractivity contribution in [3.63, 3.8) is 0 Å². The molecule has 0 saturated carbocycles. The maximum atomic E-state index is 13.0. The van der Waals surface area contributed by atoms with Gasteiger partial charge >= 0.3 is 5.51 Å². The van der Waals surface area contributed by atoms with Gasteiger partial charge in [0.15, 0.2) is 0 Å². The summed E-state index contributed by atoms with van der Waals surface area (Å²) in [5.74, 6) is 0.0524. The summed E-state index contributed by atoms with van der Waals surface area (Å²) < 4.78 is 43.5. The lowest BCUT2D eigenvalue weighted by atomic mass is 10.0. The Labute approximate surface area is 258 Å². The molecule has 3 aromatic rings. The Kier molecular flexibility index (Phi) is 10.1. The minimum absolute atomic E-state index is 0.0445.